The molecule has 0 saturated carbocycles. The van der Waals surface area contributed by atoms with Crippen LogP contribution in [0.25, 0.3) is 16.8 Å². The van der Waals surface area contributed by atoms with E-state index in [1.807, 2.05) is 12.3 Å². The van der Waals surface area contributed by atoms with E-state index in [0.717, 1.165) is 16.7 Å². The lowest BCUT2D eigenvalue weighted by Crippen LogP contribution is -1.95. The molecule has 4 nitrogen and oxygen atoms in total. The van der Waals surface area contributed by atoms with Gasteiger partial charge in [-0.05, 0) is 30.0 Å². The first-order chi connectivity index (χ1) is 9.31. The zero-order valence-corrected chi connectivity index (χ0v) is 11.3. The average Bonchev–Trinajstić information content (AvgIpc) is 2.94. The average molecular weight is 271 g/mol. The number of aliphatic hydroxyl groups is 1. The van der Waals surface area contributed by atoms with Crippen molar-refractivity contribution >= 4 is 17.4 Å². The molecular weight excluding hydrogens is 258 g/mol. The van der Waals surface area contributed by atoms with Crippen molar-refractivity contribution in [3.05, 3.63) is 48.4 Å². The van der Waals surface area contributed by atoms with Gasteiger partial charge in [0, 0.05) is 22.2 Å². The quantitative estimate of drug-likeness (QED) is 0.744. The zero-order valence-electron chi connectivity index (χ0n) is 10.4. The molecule has 0 atom stereocenters. The highest BCUT2D eigenvalue weighted by molar-refractivity contribution is 7.98. The van der Waals surface area contributed by atoms with Gasteiger partial charge in [0.05, 0.1) is 6.61 Å². The molecule has 0 aliphatic carbocycles. The van der Waals surface area contributed by atoms with Crippen molar-refractivity contribution < 1.29 is 5.11 Å². The van der Waals surface area contributed by atoms with Gasteiger partial charge in [-0.1, -0.05) is 12.1 Å². The van der Waals surface area contributed by atoms with E-state index in [9.17, 15) is 5.11 Å². The summed E-state index contributed by atoms with van der Waals surface area (Å²) in [6, 6.07) is 10.3. The molecule has 0 aliphatic rings. The van der Waals surface area contributed by atoms with Crippen molar-refractivity contribution in [1.82, 2.24) is 14.6 Å². The van der Waals surface area contributed by atoms with E-state index in [0.29, 0.717) is 5.65 Å². The molecule has 3 rings (SSSR count). The van der Waals surface area contributed by atoms with E-state index >= 15 is 0 Å². The number of fused-ring (bicyclic) bond motifs is 1. The summed E-state index contributed by atoms with van der Waals surface area (Å²) in [5, 5.41) is 13.6. The maximum atomic E-state index is 9.42. The van der Waals surface area contributed by atoms with Crippen molar-refractivity contribution in [2.45, 2.75) is 11.5 Å². The second kappa shape index (κ2) is 5.03. The molecule has 0 fully saturated rings. The molecule has 1 N–H and O–H groups in total. The molecule has 0 unspecified atom stereocenters. The number of rotatable bonds is 3. The van der Waals surface area contributed by atoms with Crippen molar-refractivity contribution in [3.63, 3.8) is 0 Å². The molecule has 2 heterocycles. The molecule has 0 bridgehead atoms. The molecule has 0 radical (unpaired) electrons. The first-order valence-electron chi connectivity index (χ1n) is 5.89. The highest BCUT2D eigenvalue weighted by atomic mass is 32.2. The minimum atomic E-state index is -0.0427. The Morgan fingerprint density at radius 2 is 2.00 bits per heavy atom. The van der Waals surface area contributed by atoms with Crippen LogP contribution in [-0.2, 0) is 6.61 Å². The fourth-order valence-corrected chi connectivity index (χ4v) is 2.46. The molecule has 5 heteroatoms. The number of aliphatic hydroxyl groups excluding tert-OH is 1. The highest BCUT2D eigenvalue weighted by Gasteiger charge is 2.07. The molecule has 0 saturated heterocycles. The van der Waals surface area contributed by atoms with Crippen LogP contribution in [0.4, 0.5) is 0 Å². The number of pyridine rings is 1. The van der Waals surface area contributed by atoms with Gasteiger partial charge in [0.25, 0.3) is 0 Å². The lowest BCUT2D eigenvalue weighted by molar-refractivity contribution is 0.282. The van der Waals surface area contributed by atoms with Crippen LogP contribution in [0.3, 0.4) is 0 Å². The first kappa shape index (κ1) is 12.2. The Bertz CT molecular complexity index is 706. The van der Waals surface area contributed by atoms with Gasteiger partial charge in [-0.3, -0.25) is 0 Å². The van der Waals surface area contributed by atoms with E-state index < -0.39 is 0 Å². The molecule has 3 aromatic rings. The van der Waals surface area contributed by atoms with Crippen LogP contribution in [0.2, 0.25) is 0 Å². The van der Waals surface area contributed by atoms with Gasteiger partial charge < -0.3 is 5.11 Å². The number of hydrogen-bond donors (Lipinski definition) is 1. The lowest BCUT2D eigenvalue weighted by atomic mass is 10.1. The molecule has 0 amide bonds. The lowest BCUT2D eigenvalue weighted by Gasteiger charge is -2.06. The van der Waals surface area contributed by atoms with Crippen molar-refractivity contribution in [3.8, 4) is 11.1 Å². The second-order valence-electron chi connectivity index (χ2n) is 4.17. The number of aromatic nitrogens is 3. The van der Waals surface area contributed by atoms with Crippen LogP contribution in [0, 0.1) is 0 Å². The van der Waals surface area contributed by atoms with Crippen LogP contribution in [-0.4, -0.2) is 26.0 Å². The van der Waals surface area contributed by atoms with Crippen LogP contribution in [0.5, 0.6) is 0 Å². The minimum absolute atomic E-state index is 0.0427. The zero-order chi connectivity index (χ0) is 13.2. The molecular formula is C14H13N3OS. The Balaban J connectivity index is 2.12. The smallest absolute Gasteiger partial charge is 0.160 e. The molecule has 2 aromatic heterocycles. The summed E-state index contributed by atoms with van der Waals surface area (Å²) in [6.45, 7) is -0.0427. The van der Waals surface area contributed by atoms with Gasteiger partial charge in [0.1, 0.15) is 6.33 Å². The monoisotopic (exact) mass is 271 g/mol. The summed E-state index contributed by atoms with van der Waals surface area (Å²) in [4.78, 5) is 5.37. The minimum Gasteiger partial charge on any atom is -0.392 e. The van der Waals surface area contributed by atoms with Crippen molar-refractivity contribution in [2.75, 3.05) is 6.26 Å². The summed E-state index contributed by atoms with van der Waals surface area (Å²) in [5.41, 5.74) is 3.61. The summed E-state index contributed by atoms with van der Waals surface area (Å²) in [7, 11) is 0. The van der Waals surface area contributed by atoms with Crippen LogP contribution >= 0.6 is 11.8 Å². The predicted octanol–water partition coefficient (Wildman–Crippen LogP) is 2.61. The van der Waals surface area contributed by atoms with Gasteiger partial charge in [0.2, 0.25) is 0 Å². The van der Waals surface area contributed by atoms with Crippen LogP contribution in [0.15, 0.2) is 47.8 Å². The van der Waals surface area contributed by atoms with Crippen molar-refractivity contribution in [1.29, 1.82) is 0 Å². The summed E-state index contributed by atoms with van der Waals surface area (Å²) in [6.07, 6.45) is 5.48. The van der Waals surface area contributed by atoms with E-state index in [-0.39, 0.29) is 6.61 Å². The molecule has 96 valence electrons. The topological polar surface area (TPSA) is 50.4 Å². The number of benzene rings is 1. The maximum absolute atomic E-state index is 9.42. The maximum Gasteiger partial charge on any atom is 0.160 e. The predicted molar refractivity (Wildman–Crippen MR) is 76.1 cm³/mol. The molecule has 0 aliphatic heterocycles. The largest absolute Gasteiger partial charge is 0.392 e. The van der Waals surface area contributed by atoms with E-state index in [2.05, 4.69) is 40.6 Å². The highest BCUT2D eigenvalue weighted by Crippen LogP contribution is 2.24. The Hall–Kier alpha value is -1.85. The number of thioether (sulfide) groups is 1. The van der Waals surface area contributed by atoms with Crippen molar-refractivity contribution in [2.24, 2.45) is 0 Å². The SMILES string of the molecule is CSc1ccc(-c2cc(CO)c3ncnn3c2)cc1. The number of hydrogen-bond acceptors (Lipinski definition) is 4. The molecule has 1 aromatic carbocycles. The van der Waals surface area contributed by atoms with Gasteiger partial charge in [-0.15, -0.1) is 11.8 Å². The van der Waals surface area contributed by atoms with E-state index in [1.54, 1.807) is 16.3 Å². The normalized spacial score (nSPS) is 11.1. The molecule has 19 heavy (non-hydrogen) atoms. The van der Waals surface area contributed by atoms with E-state index in [1.165, 1.54) is 11.2 Å². The van der Waals surface area contributed by atoms with Gasteiger partial charge >= 0.3 is 0 Å². The Morgan fingerprint density at radius 3 is 2.68 bits per heavy atom. The fourth-order valence-electron chi connectivity index (χ4n) is 2.05. The third-order valence-corrected chi connectivity index (χ3v) is 3.79. The Morgan fingerprint density at radius 1 is 1.21 bits per heavy atom. The van der Waals surface area contributed by atoms with Crippen LogP contribution in [0.1, 0.15) is 5.56 Å². The number of nitrogens with zero attached hydrogens (tertiary/aromatic N) is 3. The Kier molecular flexibility index (Phi) is 3.23. The molecule has 0 spiro atoms. The third-order valence-electron chi connectivity index (χ3n) is 3.05. The summed E-state index contributed by atoms with van der Waals surface area (Å²) in [5.74, 6) is 0. The van der Waals surface area contributed by atoms with Gasteiger partial charge in [-0.2, -0.15) is 5.10 Å². The van der Waals surface area contributed by atoms with E-state index in [4.69, 9.17) is 0 Å². The summed E-state index contributed by atoms with van der Waals surface area (Å²) >= 11 is 1.72. The van der Waals surface area contributed by atoms with Gasteiger partial charge in [-0.25, -0.2) is 9.50 Å². The third kappa shape index (κ3) is 2.22. The summed E-state index contributed by atoms with van der Waals surface area (Å²) < 4.78 is 1.70. The van der Waals surface area contributed by atoms with Crippen LogP contribution < -0.4 is 0 Å². The first-order valence-corrected chi connectivity index (χ1v) is 7.12. The standard InChI is InChI=1S/C14H13N3OS/c1-19-13-4-2-10(3-5-13)11-6-12(8-18)14-15-9-16-17(14)7-11/h2-7,9,18H,8H2,1H3. The second-order valence-corrected chi connectivity index (χ2v) is 5.05. The Labute approximate surface area is 115 Å². The van der Waals surface area contributed by atoms with Gasteiger partial charge in [0.15, 0.2) is 5.65 Å². The fraction of sp³-hybridized carbons (Fsp3) is 0.143.